The van der Waals surface area contributed by atoms with Crippen molar-refractivity contribution in [1.82, 2.24) is 0 Å². The fourth-order valence-electron chi connectivity index (χ4n) is 1.24. The van der Waals surface area contributed by atoms with Gasteiger partial charge in [-0.25, -0.2) is 9.59 Å². The maximum atomic E-state index is 10.2. The van der Waals surface area contributed by atoms with Gasteiger partial charge in [-0.1, -0.05) is 6.08 Å². The van der Waals surface area contributed by atoms with Gasteiger partial charge in [-0.2, -0.15) is 0 Å². The van der Waals surface area contributed by atoms with Crippen molar-refractivity contribution in [2.45, 2.75) is 0 Å². The van der Waals surface area contributed by atoms with Crippen LogP contribution in [0.4, 0.5) is 0 Å². The van der Waals surface area contributed by atoms with Crippen LogP contribution in [0, 0.1) is 0 Å². The van der Waals surface area contributed by atoms with Crippen LogP contribution in [-0.4, -0.2) is 88.2 Å². The average Bonchev–Trinajstić information content (AvgIpc) is 2.49. The largest absolute Gasteiger partial charge is 0.480 e. The number of carboxylic acids is 2. The quantitative estimate of drug-likeness (QED) is 0.274. The molecule has 0 heterocycles. The summed E-state index contributed by atoms with van der Waals surface area (Å²) in [5.41, 5.74) is 0. The van der Waals surface area contributed by atoms with Crippen LogP contribution in [0.25, 0.3) is 0 Å². The Morgan fingerprint density at radius 3 is 1.57 bits per heavy atom. The van der Waals surface area contributed by atoms with E-state index in [1.165, 1.54) is 6.08 Å². The Labute approximate surface area is 134 Å². The molecule has 0 aliphatic heterocycles. The summed E-state index contributed by atoms with van der Waals surface area (Å²) in [7, 11) is 0. The van der Waals surface area contributed by atoms with Gasteiger partial charge in [0.05, 0.1) is 59.5 Å². The lowest BCUT2D eigenvalue weighted by Gasteiger charge is -2.07. The molecule has 0 saturated carbocycles. The number of carbonyl (C=O) groups is 2. The molecule has 134 valence electrons. The second-order valence-electron chi connectivity index (χ2n) is 4.10. The molecule has 0 aromatic rings. The number of hydrogen-bond donors (Lipinski definition) is 2. The normalized spacial score (nSPS) is 11.1. The van der Waals surface area contributed by atoms with Crippen molar-refractivity contribution in [3.05, 3.63) is 12.2 Å². The lowest BCUT2D eigenvalue weighted by molar-refractivity contribution is -0.142. The first-order valence-corrected chi connectivity index (χ1v) is 7.13. The van der Waals surface area contributed by atoms with Gasteiger partial charge in [0.2, 0.25) is 0 Å². The van der Waals surface area contributed by atoms with Crippen LogP contribution < -0.4 is 0 Å². The average molecular weight is 336 g/mol. The summed E-state index contributed by atoms with van der Waals surface area (Å²) in [6.07, 6.45) is 2.44. The SMILES string of the molecule is O=C(O)/C=C/COCCOCCOCCOCCOCC(=O)O. The second-order valence-corrected chi connectivity index (χ2v) is 4.10. The third-order valence-electron chi connectivity index (χ3n) is 2.19. The molecule has 0 fully saturated rings. The molecule has 0 aliphatic rings. The highest BCUT2D eigenvalue weighted by molar-refractivity contribution is 5.79. The molecule has 9 heteroatoms. The third-order valence-corrected chi connectivity index (χ3v) is 2.19. The van der Waals surface area contributed by atoms with Crippen molar-refractivity contribution >= 4 is 11.9 Å². The van der Waals surface area contributed by atoms with Gasteiger partial charge in [0.25, 0.3) is 0 Å². The summed E-state index contributed by atoms with van der Waals surface area (Å²) in [4.78, 5) is 20.3. The molecule has 9 nitrogen and oxygen atoms in total. The van der Waals surface area contributed by atoms with Crippen LogP contribution >= 0.6 is 0 Å². The molecule has 2 N–H and O–H groups in total. The Bertz CT molecular complexity index is 330. The fraction of sp³-hybridized carbons (Fsp3) is 0.714. The molecule has 0 bridgehead atoms. The molecule has 0 aromatic carbocycles. The molecule has 0 unspecified atom stereocenters. The molecule has 0 aliphatic carbocycles. The summed E-state index contributed by atoms with van der Waals surface area (Å²) < 4.78 is 25.5. The number of rotatable bonds is 17. The lowest BCUT2D eigenvalue weighted by Crippen LogP contribution is -2.14. The van der Waals surface area contributed by atoms with Crippen LogP contribution in [0.2, 0.25) is 0 Å². The van der Waals surface area contributed by atoms with E-state index < -0.39 is 11.9 Å². The van der Waals surface area contributed by atoms with E-state index in [1.807, 2.05) is 0 Å². The van der Waals surface area contributed by atoms with Crippen LogP contribution in [0.3, 0.4) is 0 Å². The van der Waals surface area contributed by atoms with Gasteiger partial charge >= 0.3 is 11.9 Å². The molecule has 0 rings (SSSR count). The van der Waals surface area contributed by atoms with E-state index in [9.17, 15) is 9.59 Å². The van der Waals surface area contributed by atoms with Crippen molar-refractivity contribution in [1.29, 1.82) is 0 Å². The highest BCUT2D eigenvalue weighted by atomic mass is 16.6. The third kappa shape index (κ3) is 20.5. The Morgan fingerprint density at radius 1 is 0.696 bits per heavy atom. The summed E-state index contributed by atoms with van der Waals surface area (Å²) in [5.74, 6) is -2.01. The molecule has 0 atom stereocenters. The van der Waals surface area contributed by atoms with Crippen LogP contribution in [0.5, 0.6) is 0 Å². The maximum Gasteiger partial charge on any atom is 0.329 e. The Morgan fingerprint density at radius 2 is 1.13 bits per heavy atom. The summed E-state index contributed by atoms with van der Waals surface area (Å²) >= 11 is 0. The van der Waals surface area contributed by atoms with Crippen LogP contribution in [0.15, 0.2) is 12.2 Å². The van der Waals surface area contributed by atoms with Gasteiger partial charge in [-0.3, -0.25) is 0 Å². The highest BCUT2D eigenvalue weighted by Gasteiger charge is 1.96. The molecule has 0 aromatic heterocycles. The van der Waals surface area contributed by atoms with Gasteiger partial charge in [0, 0.05) is 6.08 Å². The van der Waals surface area contributed by atoms with E-state index in [1.54, 1.807) is 0 Å². The van der Waals surface area contributed by atoms with Crippen molar-refractivity contribution in [2.75, 3.05) is 66.1 Å². The molecular weight excluding hydrogens is 312 g/mol. The second kappa shape index (κ2) is 16.8. The first-order valence-electron chi connectivity index (χ1n) is 7.13. The van der Waals surface area contributed by atoms with Gasteiger partial charge < -0.3 is 33.9 Å². The summed E-state index contributed by atoms with van der Waals surface area (Å²) in [6.45, 7) is 2.92. The fourth-order valence-corrected chi connectivity index (χ4v) is 1.24. The maximum absolute atomic E-state index is 10.2. The van der Waals surface area contributed by atoms with E-state index in [-0.39, 0.29) is 19.8 Å². The van der Waals surface area contributed by atoms with E-state index in [4.69, 9.17) is 33.9 Å². The van der Waals surface area contributed by atoms with Gasteiger partial charge in [-0.15, -0.1) is 0 Å². The van der Waals surface area contributed by atoms with E-state index >= 15 is 0 Å². The van der Waals surface area contributed by atoms with Crippen LogP contribution in [0.1, 0.15) is 0 Å². The monoisotopic (exact) mass is 336 g/mol. The zero-order valence-corrected chi connectivity index (χ0v) is 13.0. The van der Waals surface area contributed by atoms with E-state index in [0.717, 1.165) is 6.08 Å². The lowest BCUT2D eigenvalue weighted by atomic mass is 10.5. The standard InChI is InChI=1S/C14H24O9/c15-13(16)2-1-3-19-4-5-20-6-7-21-8-9-22-10-11-23-12-14(17)18/h1-2H,3-12H2,(H,15,16)(H,17,18)/b2-1+. The smallest absolute Gasteiger partial charge is 0.329 e. The molecule has 0 amide bonds. The zero-order chi connectivity index (χ0) is 17.2. The number of aliphatic carboxylic acids is 2. The first kappa shape index (κ1) is 21.5. The molecule has 0 saturated heterocycles. The zero-order valence-electron chi connectivity index (χ0n) is 13.0. The molecule has 0 spiro atoms. The van der Waals surface area contributed by atoms with Gasteiger partial charge in [0.1, 0.15) is 6.61 Å². The van der Waals surface area contributed by atoms with Crippen LogP contribution in [-0.2, 0) is 33.3 Å². The first-order chi connectivity index (χ1) is 11.1. The van der Waals surface area contributed by atoms with E-state index in [0.29, 0.717) is 46.2 Å². The minimum Gasteiger partial charge on any atom is -0.480 e. The minimum atomic E-state index is -1.00. The number of carboxylic acid groups (broad SMARTS) is 2. The Balaban J connectivity index is 3.05. The summed E-state index contributed by atoms with van der Waals surface area (Å²) in [6, 6.07) is 0. The number of hydrogen-bond acceptors (Lipinski definition) is 7. The van der Waals surface area contributed by atoms with Crippen molar-refractivity contribution < 1.29 is 43.5 Å². The molecular formula is C14H24O9. The predicted molar refractivity (Wildman–Crippen MR) is 78.5 cm³/mol. The Kier molecular flexibility index (Phi) is 15.7. The van der Waals surface area contributed by atoms with Crippen molar-refractivity contribution in [3.63, 3.8) is 0 Å². The predicted octanol–water partition coefficient (Wildman–Crippen LogP) is -0.205. The Hall–Kier alpha value is -1.52. The highest BCUT2D eigenvalue weighted by Crippen LogP contribution is 1.84. The van der Waals surface area contributed by atoms with Crippen molar-refractivity contribution in [3.8, 4) is 0 Å². The van der Waals surface area contributed by atoms with Gasteiger partial charge in [-0.05, 0) is 0 Å². The van der Waals surface area contributed by atoms with Gasteiger partial charge in [0.15, 0.2) is 0 Å². The summed E-state index contributed by atoms with van der Waals surface area (Å²) in [5, 5.41) is 16.7. The van der Waals surface area contributed by atoms with Crippen molar-refractivity contribution in [2.24, 2.45) is 0 Å². The molecule has 0 radical (unpaired) electrons. The number of ether oxygens (including phenoxy) is 5. The van der Waals surface area contributed by atoms with E-state index in [2.05, 4.69) is 0 Å². The molecule has 23 heavy (non-hydrogen) atoms. The topological polar surface area (TPSA) is 121 Å². The minimum absolute atomic E-state index is 0.233.